The van der Waals surface area contributed by atoms with E-state index in [9.17, 15) is 13.2 Å². The van der Waals surface area contributed by atoms with E-state index in [0.717, 1.165) is 45.0 Å². The van der Waals surface area contributed by atoms with Crippen LogP contribution in [0.4, 0.5) is 13.2 Å². The molecular weight excluding hydrogens is 311 g/mol. The first-order valence-electron chi connectivity index (χ1n) is 7.40. The van der Waals surface area contributed by atoms with Crippen molar-refractivity contribution in [2.45, 2.75) is 12.6 Å². The number of rotatable bonds is 4. The van der Waals surface area contributed by atoms with Crippen molar-refractivity contribution in [3.63, 3.8) is 0 Å². The molecule has 2 heterocycles. The lowest BCUT2D eigenvalue weighted by molar-refractivity contribution is -0.907. The van der Waals surface area contributed by atoms with Crippen LogP contribution in [0.2, 0.25) is 0 Å². The lowest BCUT2D eigenvalue weighted by atomic mass is 10.2. The summed E-state index contributed by atoms with van der Waals surface area (Å²) in [5.74, 6) is 0.642. The van der Waals surface area contributed by atoms with Crippen LogP contribution in [0.15, 0.2) is 24.3 Å². The Morgan fingerprint density at radius 3 is 2.48 bits per heavy atom. The Balaban J connectivity index is 1.70. The SMILES string of the molecule is FC(F)(F)c1ccc(-n2nnnc2CC[NH+]2CCOCC2)cc1. The quantitative estimate of drug-likeness (QED) is 0.867. The predicted octanol–water partition coefficient (Wildman–Crippen LogP) is 0.139. The van der Waals surface area contributed by atoms with Gasteiger partial charge in [-0.05, 0) is 34.7 Å². The minimum Gasteiger partial charge on any atom is -0.370 e. The van der Waals surface area contributed by atoms with Gasteiger partial charge < -0.3 is 9.64 Å². The molecule has 9 heteroatoms. The summed E-state index contributed by atoms with van der Waals surface area (Å²) in [5, 5.41) is 11.5. The molecule has 1 saturated heterocycles. The van der Waals surface area contributed by atoms with Crippen molar-refractivity contribution < 1.29 is 22.8 Å². The molecule has 0 spiro atoms. The van der Waals surface area contributed by atoms with Crippen LogP contribution in [0.1, 0.15) is 11.4 Å². The first-order valence-corrected chi connectivity index (χ1v) is 7.40. The number of nitrogens with one attached hydrogen (secondary N) is 1. The van der Waals surface area contributed by atoms with Crippen LogP contribution in [-0.4, -0.2) is 53.1 Å². The van der Waals surface area contributed by atoms with E-state index in [1.54, 1.807) is 0 Å². The summed E-state index contributed by atoms with van der Waals surface area (Å²) in [4.78, 5) is 1.42. The summed E-state index contributed by atoms with van der Waals surface area (Å²) in [5.41, 5.74) is -0.163. The smallest absolute Gasteiger partial charge is 0.370 e. The second kappa shape index (κ2) is 6.63. The number of morpholine rings is 1. The van der Waals surface area contributed by atoms with E-state index in [2.05, 4.69) is 15.5 Å². The van der Waals surface area contributed by atoms with E-state index in [1.165, 1.54) is 21.7 Å². The molecule has 1 aromatic carbocycles. The largest absolute Gasteiger partial charge is 0.416 e. The van der Waals surface area contributed by atoms with Gasteiger partial charge in [0, 0.05) is 0 Å². The number of hydrogen-bond donors (Lipinski definition) is 1. The Morgan fingerprint density at radius 1 is 1.13 bits per heavy atom. The van der Waals surface area contributed by atoms with Crippen molar-refractivity contribution in [2.75, 3.05) is 32.8 Å². The van der Waals surface area contributed by atoms with Crippen molar-refractivity contribution in [1.29, 1.82) is 0 Å². The fraction of sp³-hybridized carbons (Fsp3) is 0.500. The Labute approximate surface area is 130 Å². The molecule has 0 atom stereocenters. The molecule has 0 aliphatic carbocycles. The van der Waals surface area contributed by atoms with Crippen LogP contribution in [0, 0.1) is 0 Å². The Morgan fingerprint density at radius 2 is 1.83 bits per heavy atom. The topological polar surface area (TPSA) is 57.3 Å². The average molecular weight is 328 g/mol. The van der Waals surface area contributed by atoms with Gasteiger partial charge in [0.25, 0.3) is 0 Å². The average Bonchev–Trinajstić information content (AvgIpc) is 3.02. The second-order valence-corrected chi connectivity index (χ2v) is 5.41. The Hall–Kier alpha value is -2.00. The third-order valence-electron chi connectivity index (χ3n) is 3.88. The highest BCUT2D eigenvalue weighted by molar-refractivity contribution is 5.35. The van der Waals surface area contributed by atoms with Gasteiger partial charge in [-0.3, -0.25) is 0 Å². The molecule has 6 nitrogen and oxygen atoms in total. The molecule has 0 amide bonds. The zero-order valence-corrected chi connectivity index (χ0v) is 12.4. The maximum absolute atomic E-state index is 12.6. The lowest BCUT2D eigenvalue weighted by Gasteiger charge is -2.23. The molecule has 0 bridgehead atoms. The zero-order chi connectivity index (χ0) is 16.3. The Kier molecular flexibility index (Phi) is 4.58. The number of tetrazole rings is 1. The van der Waals surface area contributed by atoms with E-state index in [4.69, 9.17) is 4.74 Å². The fourth-order valence-electron chi connectivity index (χ4n) is 2.55. The highest BCUT2D eigenvalue weighted by Gasteiger charge is 2.30. The molecule has 0 saturated carbocycles. The fourth-order valence-corrected chi connectivity index (χ4v) is 2.55. The van der Waals surface area contributed by atoms with Gasteiger partial charge in [-0.25, -0.2) is 0 Å². The third-order valence-corrected chi connectivity index (χ3v) is 3.88. The summed E-state index contributed by atoms with van der Waals surface area (Å²) in [6.07, 6.45) is -3.69. The van der Waals surface area contributed by atoms with E-state index < -0.39 is 11.7 Å². The maximum atomic E-state index is 12.6. The number of halogens is 3. The number of benzene rings is 1. The highest BCUT2D eigenvalue weighted by Crippen LogP contribution is 2.29. The highest BCUT2D eigenvalue weighted by atomic mass is 19.4. The van der Waals surface area contributed by atoms with E-state index in [1.807, 2.05) is 0 Å². The molecule has 1 aliphatic rings. The second-order valence-electron chi connectivity index (χ2n) is 5.41. The number of aromatic nitrogens is 4. The normalized spacial score (nSPS) is 16.7. The molecule has 1 N–H and O–H groups in total. The van der Waals surface area contributed by atoms with Crippen LogP contribution >= 0.6 is 0 Å². The molecular formula is C14H17F3N5O+. The first-order chi connectivity index (χ1) is 11.0. The molecule has 1 aliphatic heterocycles. The molecule has 1 aromatic heterocycles. The minimum atomic E-state index is -4.35. The molecule has 23 heavy (non-hydrogen) atoms. The van der Waals surface area contributed by atoms with Crippen molar-refractivity contribution in [3.8, 4) is 5.69 Å². The zero-order valence-electron chi connectivity index (χ0n) is 12.4. The van der Waals surface area contributed by atoms with Gasteiger partial charge in [0.2, 0.25) is 0 Å². The van der Waals surface area contributed by atoms with Gasteiger partial charge >= 0.3 is 6.18 Å². The van der Waals surface area contributed by atoms with Gasteiger partial charge in [-0.2, -0.15) is 17.9 Å². The van der Waals surface area contributed by atoms with Crippen molar-refractivity contribution in [3.05, 3.63) is 35.7 Å². The summed E-state index contributed by atoms with van der Waals surface area (Å²) in [6.45, 7) is 4.26. The Bertz CT molecular complexity index is 635. The van der Waals surface area contributed by atoms with E-state index in [-0.39, 0.29) is 0 Å². The molecule has 1 fully saturated rings. The maximum Gasteiger partial charge on any atom is 0.416 e. The first kappa shape index (κ1) is 15.9. The van der Waals surface area contributed by atoms with Crippen molar-refractivity contribution >= 4 is 0 Å². The summed E-state index contributed by atoms with van der Waals surface area (Å²) in [7, 11) is 0. The lowest BCUT2D eigenvalue weighted by Crippen LogP contribution is -3.14. The monoisotopic (exact) mass is 328 g/mol. The van der Waals surface area contributed by atoms with Gasteiger partial charge in [0.1, 0.15) is 13.1 Å². The van der Waals surface area contributed by atoms with Crippen LogP contribution in [-0.2, 0) is 17.3 Å². The molecule has 0 unspecified atom stereocenters. The standard InChI is InChI=1S/C14H16F3N5O/c15-14(16,17)11-1-3-12(4-2-11)22-13(18-19-20-22)5-6-21-7-9-23-10-8-21/h1-4H,5-10H2/p+1. The van der Waals surface area contributed by atoms with Gasteiger partial charge in [0.05, 0.1) is 37.4 Å². The number of ether oxygens (including phenoxy) is 1. The number of hydrogen-bond acceptors (Lipinski definition) is 4. The minimum absolute atomic E-state index is 0.523. The summed E-state index contributed by atoms with van der Waals surface area (Å²) >= 11 is 0. The van der Waals surface area contributed by atoms with E-state index in [0.29, 0.717) is 17.9 Å². The summed E-state index contributed by atoms with van der Waals surface area (Å²) < 4.78 is 44.6. The van der Waals surface area contributed by atoms with Crippen molar-refractivity contribution in [2.24, 2.45) is 0 Å². The number of nitrogens with zero attached hydrogens (tertiary/aromatic N) is 4. The number of quaternary nitrogens is 1. The number of alkyl halides is 3. The van der Waals surface area contributed by atoms with Crippen LogP contribution in [0.25, 0.3) is 5.69 Å². The van der Waals surface area contributed by atoms with Gasteiger partial charge in [-0.15, -0.1) is 5.10 Å². The van der Waals surface area contributed by atoms with Crippen LogP contribution in [0.5, 0.6) is 0 Å². The molecule has 2 aromatic rings. The van der Waals surface area contributed by atoms with Crippen LogP contribution in [0.3, 0.4) is 0 Å². The molecule has 124 valence electrons. The predicted molar refractivity (Wildman–Crippen MR) is 74.2 cm³/mol. The van der Waals surface area contributed by atoms with Crippen molar-refractivity contribution in [1.82, 2.24) is 20.2 Å². The van der Waals surface area contributed by atoms with Crippen LogP contribution < -0.4 is 4.90 Å². The third kappa shape index (κ3) is 3.85. The molecule has 3 rings (SSSR count). The van der Waals surface area contributed by atoms with Gasteiger partial charge in [-0.1, -0.05) is 0 Å². The van der Waals surface area contributed by atoms with Gasteiger partial charge in [0.15, 0.2) is 5.82 Å². The summed E-state index contributed by atoms with van der Waals surface area (Å²) in [6, 6.07) is 4.83. The molecule has 0 radical (unpaired) electrons. The van der Waals surface area contributed by atoms with E-state index >= 15 is 0 Å².